The molecular formula is C13H16ClNO. The molecule has 2 nitrogen and oxygen atoms in total. The molecule has 2 rings (SSSR count). The first kappa shape index (κ1) is 11.5. The van der Waals surface area contributed by atoms with Crippen LogP contribution in [0, 0.1) is 6.92 Å². The predicted octanol–water partition coefficient (Wildman–Crippen LogP) is 3.34. The van der Waals surface area contributed by atoms with E-state index in [0.717, 1.165) is 35.6 Å². The van der Waals surface area contributed by atoms with Gasteiger partial charge in [0.15, 0.2) is 0 Å². The SMILES string of the molecule is Cc1ccc(Cl)cc1C(N)C1=COCCC1. The summed E-state index contributed by atoms with van der Waals surface area (Å²) in [5.74, 6) is 0. The van der Waals surface area contributed by atoms with Crippen molar-refractivity contribution in [2.45, 2.75) is 25.8 Å². The molecule has 0 amide bonds. The molecule has 1 aliphatic heterocycles. The van der Waals surface area contributed by atoms with E-state index >= 15 is 0 Å². The van der Waals surface area contributed by atoms with E-state index in [2.05, 4.69) is 6.92 Å². The minimum atomic E-state index is -0.0981. The molecule has 0 aromatic heterocycles. The molecule has 0 radical (unpaired) electrons. The molecular weight excluding hydrogens is 222 g/mol. The normalized spacial score (nSPS) is 17.6. The largest absolute Gasteiger partial charge is 0.501 e. The third kappa shape index (κ3) is 2.39. The Hall–Kier alpha value is -0.990. The number of aryl methyl sites for hydroxylation is 1. The summed E-state index contributed by atoms with van der Waals surface area (Å²) in [7, 11) is 0. The van der Waals surface area contributed by atoms with Gasteiger partial charge >= 0.3 is 0 Å². The van der Waals surface area contributed by atoms with Crippen LogP contribution in [0.2, 0.25) is 5.02 Å². The Bertz CT molecular complexity index is 414. The molecule has 86 valence electrons. The Balaban J connectivity index is 2.29. The van der Waals surface area contributed by atoms with Crippen molar-refractivity contribution in [2.24, 2.45) is 5.73 Å². The quantitative estimate of drug-likeness (QED) is 0.856. The van der Waals surface area contributed by atoms with Gasteiger partial charge in [-0.3, -0.25) is 0 Å². The van der Waals surface area contributed by atoms with Gasteiger partial charge in [-0.1, -0.05) is 17.7 Å². The topological polar surface area (TPSA) is 35.2 Å². The Kier molecular flexibility index (Phi) is 3.52. The summed E-state index contributed by atoms with van der Waals surface area (Å²) in [6.45, 7) is 2.85. The second kappa shape index (κ2) is 4.89. The molecule has 1 aromatic rings. The Labute approximate surface area is 101 Å². The zero-order chi connectivity index (χ0) is 11.5. The molecule has 1 aliphatic rings. The van der Waals surface area contributed by atoms with E-state index in [-0.39, 0.29) is 6.04 Å². The van der Waals surface area contributed by atoms with Crippen LogP contribution in [-0.4, -0.2) is 6.61 Å². The number of hydrogen-bond donors (Lipinski definition) is 1. The zero-order valence-electron chi connectivity index (χ0n) is 9.37. The summed E-state index contributed by atoms with van der Waals surface area (Å²) in [5.41, 5.74) is 9.64. The van der Waals surface area contributed by atoms with E-state index in [1.807, 2.05) is 18.2 Å². The number of benzene rings is 1. The highest BCUT2D eigenvalue weighted by Crippen LogP contribution is 2.29. The summed E-state index contributed by atoms with van der Waals surface area (Å²) < 4.78 is 5.32. The maximum Gasteiger partial charge on any atom is 0.0876 e. The maximum atomic E-state index is 6.23. The molecule has 1 atom stereocenters. The summed E-state index contributed by atoms with van der Waals surface area (Å²) in [5, 5.41) is 0.730. The molecule has 0 fully saturated rings. The van der Waals surface area contributed by atoms with Gasteiger partial charge in [0.05, 0.1) is 18.9 Å². The van der Waals surface area contributed by atoms with Crippen LogP contribution in [0.25, 0.3) is 0 Å². The summed E-state index contributed by atoms with van der Waals surface area (Å²) >= 11 is 5.99. The van der Waals surface area contributed by atoms with Crippen LogP contribution < -0.4 is 5.73 Å². The zero-order valence-corrected chi connectivity index (χ0v) is 10.1. The van der Waals surface area contributed by atoms with E-state index in [1.54, 1.807) is 6.26 Å². The monoisotopic (exact) mass is 237 g/mol. The molecule has 0 spiro atoms. The van der Waals surface area contributed by atoms with Gasteiger partial charge in [0.1, 0.15) is 0 Å². The van der Waals surface area contributed by atoms with Gasteiger partial charge in [0.2, 0.25) is 0 Å². The van der Waals surface area contributed by atoms with Crippen LogP contribution in [-0.2, 0) is 4.74 Å². The minimum absolute atomic E-state index is 0.0981. The standard InChI is InChI=1S/C13H16ClNO/c1-9-4-5-11(14)7-12(9)13(15)10-3-2-6-16-8-10/h4-5,7-8,13H,2-3,6,15H2,1H3. The number of hydrogen-bond acceptors (Lipinski definition) is 2. The molecule has 1 unspecified atom stereocenters. The van der Waals surface area contributed by atoms with Gasteiger partial charge in [0.25, 0.3) is 0 Å². The lowest BCUT2D eigenvalue weighted by Gasteiger charge is -2.21. The van der Waals surface area contributed by atoms with Crippen molar-refractivity contribution >= 4 is 11.6 Å². The molecule has 0 aliphatic carbocycles. The van der Waals surface area contributed by atoms with Crippen molar-refractivity contribution < 1.29 is 4.74 Å². The van der Waals surface area contributed by atoms with E-state index in [0.29, 0.717) is 0 Å². The van der Waals surface area contributed by atoms with Crippen LogP contribution in [0.5, 0.6) is 0 Å². The molecule has 0 saturated heterocycles. The van der Waals surface area contributed by atoms with Crippen LogP contribution in [0.4, 0.5) is 0 Å². The minimum Gasteiger partial charge on any atom is -0.501 e. The predicted molar refractivity (Wildman–Crippen MR) is 66.4 cm³/mol. The highest BCUT2D eigenvalue weighted by atomic mass is 35.5. The first-order valence-corrected chi connectivity index (χ1v) is 5.88. The molecule has 1 heterocycles. The number of rotatable bonds is 2. The van der Waals surface area contributed by atoms with Crippen molar-refractivity contribution in [3.05, 3.63) is 46.2 Å². The number of halogens is 1. The highest BCUT2D eigenvalue weighted by Gasteiger charge is 2.16. The average molecular weight is 238 g/mol. The van der Waals surface area contributed by atoms with Crippen LogP contribution >= 0.6 is 11.6 Å². The first-order valence-electron chi connectivity index (χ1n) is 5.50. The molecule has 3 heteroatoms. The van der Waals surface area contributed by atoms with Crippen molar-refractivity contribution in [1.29, 1.82) is 0 Å². The fourth-order valence-electron chi connectivity index (χ4n) is 1.96. The van der Waals surface area contributed by atoms with Gasteiger partial charge in [-0.15, -0.1) is 0 Å². The summed E-state index contributed by atoms with van der Waals surface area (Å²) in [6, 6.07) is 5.73. The van der Waals surface area contributed by atoms with Crippen LogP contribution in [0.15, 0.2) is 30.0 Å². The smallest absolute Gasteiger partial charge is 0.0876 e. The van der Waals surface area contributed by atoms with Crippen LogP contribution in [0.3, 0.4) is 0 Å². The fourth-order valence-corrected chi connectivity index (χ4v) is 2.14. The van der Waals surface area contributed by atoms with Gasteiger partial charge in [0, 0.05) is 5.02 Å². The highest BCUT2D eigenvalue weighted by molar-refractivity contribution is 6.30. The van der Waals surface area contributed by atoms with Crippen molar-refractivity contribution in [1.82, 2.24) is 0 Å². The average Bonchev–Trinajstić information content (AvgIpc) is 2.32. The lowest BCUT2D eigenvalue weighted by Crippen LogP contribution is -2.17. The Morgan fingerprint density at radius 1 is 1.44 bits per heavy atom. The molecule has 0 bridgehead atoms. The second-order valence-electron chi connectivity index (χ2n) is 4.15. The van der Waals surface area contributed by atoms with Gasteiger partial charge < -0.3 is 10.5 Å². The Morgan fingerprint density at radius 3 is 2.94 bits per heavy atom. The van der Waals surface area contributed by atoms with Crippen LogP contribution in [0.1, 0.15) is 30.0 Å². The maximum absolute atomic E-state index is 6.23. The van der Waals surface area contributed by atoms with Crippen molar-refractivity contribution in [3.63, 3.8) is 0 Å². The van der Waals surface area contributed by atoms with E-state index in [1.165, 1.54) is 5.56 Å². The molecule has 16 heavy (non-hydrogen) atoms. The van der Waals surface area contributed by atoms with Gasteiger partial charge in [-0.2, -0.15) is 0 Å². The first-order chi connectivity index (χ1) is 7.68. The lowest BCUT2D eigenvalue weighted by atomic mass is 9.93. The number of nitrogens with two attached hydrogens (primary N) is 1. The third-order valence-corrected chi connectivity index (χ3v) is 3.17. The second-order valence-corrected chi connectivity index (χ2v) is 4.58. The molecule has 1 aromatic carbocycles. The summed E-state index contributed by atoms with van der Waals surface area (Å²) in [4.78, 5) is 0. The van der Waals surface area contributed by atoms with E-state index in [4.69, 9.17) is 22.1 Å². The fraction of sp³-hybridized carbons (Fsp3) is 0.385. The summed E-state index contributed by atoms with van der Waals surface area (Å²) in [6.07, 6.45) is 3.85. The van der Waals surface area contributed by atoms with Gasteiger partial charge in [-0.25, -0.2) is 0 Å². The Morgan fingerprint density at radius 2 is 2.25 bits per heavy atom. The molecule has 0 saturated carbocycles. The van der Waals surface area contributed by atoms with Gasteiger partial charge in [-0.05, 0) is 48.6 Å². The van der Waals surface area contributed by atoms with E-state index < -0.39 is 0 Å². The van der Waals surface area contributed by atoms with Crippen molar-refractivity contribution in [2.75, 3.05) is 6.61 Å². The lowest BCUT2D eigenvalue weighted by molar-refractivity contribution is 0.221. The van der Waals surface area contributed by atoms with Crippen molar-refractivity contribution in [3.8, 4) is 0 Å². The van der Waals surface area contributed by atoms with E-state index in [9.17, 15) is 0 Å². The molecule has 2 N–H and O–H groups in total. The number of ether oxygens (including phenoxy) is 1. The third-order valence-electron chi connectivity index (χ3n) is 2.94.